The molecule has 11 heteroatoms. The molecule has 31 heavy (non-hydrogen) atoms. The summed E-state index contributed by atoms with van der Waals surface area (Å²) in [6.45, 7) is 0.898. The maximum absolute atomic E-state index is 13.2. The van der Waals surface area contributed by atoms with Gasteiger partial charge >= 0.3 is 6.18 Å². The van der Waals surface area contributed by atoms with Crippen LogP contribution in [0.5, 0.6) is 0 Å². The first-order valence-corrected chi connectivity index (χ1v) is 10.5. The number of hydrogen-bond acceptors (Lipinski definition) is 7. The molecule has 2 aromatic heterocycles. The van der Waals surface area contributed by atoms with Crippen LogP contribution in [0.25, 0.3) is 10.3 Å². The van der Waals surface area contributed by atoms with Gasteiger partial charge < -0.3 is 15.0 Å². The van der Waals surface area contributed by atoms with Crippen LogP contribution in [0.4, 0.5) is 18.3 Å². The van der Waals surface area contributed by atoms with Crippen molar-refractivity contribution in [3.05, 3.63) is 47.4 Å². The summed E-state index contributed by atoms with van der Waals surface area (Å²) >= 11 is 1.18. The molecule has 1 unspecified atom stereocenters. The maximum Gasteiger partial charge on any atom is 0.451 e. The molecule has 4 rings (SSSR count). The molecule has 0 spiro atoms. The predicted octanol–water partition coefficient (Wildman–Crippen LogP) is 3.54. The Kier molecular flexibility index (Phi) is 6.05. The molecule has 1 aliphatic heterocycles. The SMILES string of the molecule is COCc1nc(C(F)(F)F)nc2nc(N3CCCC3C(=O)NCc3ccccc3)sc12. The summed E-state index contributed by atoms with van der Waals surface area (Å²) in [5, 5.41) is 3.39. The van der Waals surface area contributed by atoms with Crippen molar-refractivity contribution >= 4 is 32.7 Å². The van der Waals surface area contributed by atoms with Crippen LogP contribution in [-0.4, -0.2) is 40.6 Å². The second-order valence-corrected chi connectivity index (χ2v) is 8.11. The molecular weight excluding hydrogens is 431 g/mol. The molecule has 1 fully saturated rings. The maximum atomic E-state index is 13.2. The fourth-order valence-corrected chi connectivity index (χ4v) is 4.58. The van der Waals surface area contributed by atoms with Gasteiger partial charge in [-0.25, -0.2) is 9.97 Å². The number of aromatic nitrogens is 3. The zero-order chi connectivity index (χ0) is 22.0. The van der Waals surface area contributed by atoms with Crippen LogP contribution in [0, 0.1) is 0 Å². The van der Waals surface area contributed by atoms with Gasteiger partial charge in [0, 0.05) is 20.2 Å². The lowest BCUT2D eigenvalue weighted by Crippen LogP contribution is -2.43. The molecule has 0 bridgehead atoms. The van der Waals surface area contributed by atoms with E-state index in [-0.39, 0.29) is 23.9 Å². The summed E-state index contributed by atoms with van der Waals surface area (Å²) in [6, 6.07) is 9.12. The number of fused-ring (bicyclic) bond motifs is 1. The average Bonchev–Trinajstić information content (AvgIpc) is 3.39. The van der Waals surface area contributed by atoms with E-state index in [0.29, 0.717) is 29.3 Å². The minimum absolute atomic E-state index is 0.0373. The van der Waals surface area contributed by atoms with Crippen molar-refractivity contribution in [3.8, 4) is 0 Å². The third kappa shape index (κ3) is 4.62. The highest BCUT2D eigenvalue weighted by Crippen LogP contribution is 2.36. The van der Waals surface area contributed by atoms with E-state index in [4.69, 9.17) is 4.74 Å². The van der Waals surface area contributed by atoms with E-state index in [0.717, 1.165) is 12.0 Å². The van der Waals surface area contributed by atoms with E-state index < -0.39 is 18.0 Å². The highest BCUT2D eigenvalue weighted by atomic mass is 32.1. The summed E-state index contributed by atoms with van der Waals surface area (Å²) in [6.07, 6.45) is -3.27. The molecule has 0 aliphatic carbocycles. The number of carbonyl (C=O) groups excluding carboxylic acids is 1. The van der Waals surface area contributed by atoms with Crippen LogP contribution < -0.4 is 10.2 Å². The first kappa shape index (κ1) is 21.4. The van der Waals surface area contributed by atoms with Crippen LogP contribution in [0.2, 0.25) is 0 Å². The highest BCUT2D eigenvalue weighted by molar-refractivity contribution is 7.22. The van der Waals surface area contributed by atoms with E-state index in [1.54, 1.807) is 0 Å². The van der Waals surface area contributed by atoms with E-state index >= 15 is 0 Å². The zero-order valence-electron chi connectivity index (χ0n) is 16.6. The van der Waals surface area contributed by atoms with Crippen LogP contribution in [0.3, 0.4) is 0 Å². The number of methoxy groups -OCH3 is 1. The summed E-state index contributed by atoms with van der Waals surface area (Å²) in [4.78, 5) is 26.2. The van der Waals surface area contributed by atoms with Gasteiger partial charge in [-0.1, -0.05) is 41.7 Å². The number of rotatable bonds is 6. The van der Waals surface area contributed by atoms with Gasteiger partial charge in [0.05, 0.1) is 17.0 Å². The van der Waals surface area contributed by atoms with E-state index in [1.807, 2.05) is 35.2 Å². The molecule has 3 heterocycles. The molecule has 7 nitrogen and oxygen atoms in total. The normalized spacial score (nSPS) is 16.8. The Bertz CT molecular complexity index is 1070. The van der Waals surface area contributed by atoms with Crippen molar-refractivity contribution in [1.82, 2.24) is 20.3 Å². The van der Waals surface area contributed by atoms with Gasteiger partial charge in [-0.05, 0) is 18.4 Å². The van der Waals surface area contributed by atoms with Crippen LogP contribution in [-0.2, 0) is 28.9 Å². The summed E-state index contributed by atoms with van der Waals surface area (Å²) in [5.74, 6) is -1.39. The van der Waals surface area contributed by atoms with Gasteiger partial charge in [-0.3, -0.25) is 4.79 Å². The average molecular weight is 451 g/mol. The molecule has 1 aromatic carbocycles. The zero-order valence-corrected chi connectivity index (χ0v) is 17.5. The molecule has 164 valence electrons. The third-order valence-electron chi connectivity index (χ3n) is 4.96. The van der Waals surface area contributed by atoms with Crippen LogP contribution >= 0.6 is 11.3 Å². The number of hydrogen-bond donors (Lipinski definition) is 1. The Hall–Kier alpha value is -2.79. The number of nitrogens with one attached hydrogen (secondary N) is 1. The number of alkyl halides is 3. The van der Waals surface area contributed by atoms with Gasteiger partial charge in [0.2, 0.25) is 11.7 Å². The van der Waals surface area contributed by atoms with Crippen LogP contribution in [0.15, 0.2) is 30.3 Å². The number of anilines is 1. The Morgan fingerprint density at radius 2 is 2.03 bits per heavy atom. The number of thiazole rings is 1. The van der Waals surface area contributed by atoms with Crippen molar-refractivity contribution in [2.75, 3.05) is 18.6 Å². The van der Waals surface area contributed by atoms with E-state index in [2.05, 4.69) is 20.3 Å². The molecule has 0 radical (unpaired) electrons. The molecule has 0 saturated carbocycles. The van der Waals surface area contributed by atoms with Gasteiger partial charge in [0.25, 0.3) is 0 Å². The number of carbonyl (C=O) groups is 1. The molecule has 1 aliphatic rings. The van der Waals surface area contributed by atoms with Gasteiger partial charge in [0.15, 0.2) is 10.8 Å². The summed E-state index contributed by atoms with van der Waals surface area (Å²) in [5.41, 5.74) is 1.08. The van der Waals surface area contributed by atoms with E-state index in [1.165, 1.54) is 18.4 Å². The lowest BCUT2D eigenvalue weighted by Gasteiger charge is -2.23. The monoisotopic (exact) mass is 451 g/mol. The van der Waals surface area contributed by atoms with Gasteiger partial charge in [-0.15, -0.1) is 0 Å². The highest BCUT2D eigenvalue weighted by Gasteiger charge is 2.37. The minimum Gasteiger partial charge on any atom is -0.378 e. The third-order valence-corrected chi connectivity index (χ3v) is 6.09. The second kappa shape index (κ2) is 8.75. The Labute approximate surface area is 180 Å². The molecule has 1 N–H and O–H groups in total. The number of ether oxygens (including phenoxy) is 1. The van der Waals surface area contributed by atoms with Gasteiger partial charge in [0.1, 0.15) is 6.04 Å². The van der Waals surface area contributed by atoms with Crippen molar-refractivity contribution in [2.24, 2.45) is 0 Å². The Morgan fingerprint density at radius 1 is 1.26 bits per heavy atom. The molecule has 1 amide bonds. The lowest BCUT2D eigenvalue weighted by atomic mass is 10.2. The molecule has 1 saturated heterocycles. The first-order valence-electron chi connectivity index (χ1n) is 9.68. The van der Waals surface area contributed by atoms with Crippen molar-refractivity contribution in [3.63, 3.8) is 0 Å². The summed E-state index contributed by atoms with van der Waals surface area (Å²) < 4.78 is 45.0. The molecule has 1 atom stereocenters. The lowest BCUT2D eigenvalue weighted by molar-refractivity contribution is -0.145. The fraction of sp³-hybridized carbons (Fsp3) is 0.400. The fourth-order valence-electron chi connectivity index (χ4n) is 3.52. The number of halogens is 3. The largest absolute Gasteiger partial charge is 0.451 e. The Balaban J connectivity index is 1.59. The standard InChI is InChI=1S/C20H20F3N5O2S/c1-30-11-13-15-16(26-18(25-13)20(21,22)23)27-19(31-15)28-9-5-8-14(28)17(29)24-10-12-6-3-2-4-7-12/h2-4,6-7,14H,5,8-11H2,1H3,(H,24,29). The van der Waals surface area contributed by atoms with Crippen molar-refractivity contribution in [1.29, 1.82) is 0 Å². The smallest absolute Gasteiger partial charge is 0.378 e. The molecule has 3 aromatic rings. The van der Waals surface area contributed by atoms with Crippen molar-refractivity contribution < 1.29 is 22.7 Å². The number of nitrogens with zero attached hydrogens (tertiary/aromatic N) is 4. The quantitative estimate of drug-likeness (QED) is 0.618. The molecular formula is C20H20F3N5O2S. The predicted molar refractivity (Wildman–Crippen MR) is 110 cm³/mol. The Morgan fingerprint density at radius 3 is 2.74 bits per heavy atom. The second-order valence-electron chi connectivity index (χ2n) is 7.13. The van der Waals surface area contributed by atoms with Crippen LogP contribution in [0.1, 0.15) is 29.9 Å². The number of benzene rings is 1. The van der Waals surface area contributed by atoms with Crippen molar-refractivity contribution in [2.45, 2.75) is 38.2 Å². The topological polar surface area (TPSA) is 80.2 Å². The summed E-state index contributed by atoms with van der Waals surface area (Å²) in [7, 11) is 1.39. The number of amides is 1. The first-order chi connectivity index (χ1) is 14.9. The van der Waals surface area contributed by atoms with E-state index in [9.17, 15) is 18.0 Å². The minimum atomic E-state index is -4.69. The van der Waals surface area contributed by atoms with Gasteiger partial charge in [-0.2, -0.15) is 18.2 Å².